The van der Waals surface area contributed by atoms with Crippen molar-refractivity contribution in [3.05, 3.63) is 42.2 Å². The number of allylic oxidation sites excluding steroid dienone is 1. The van der Waals surface area contributed by atoms with Gasteiger partial charge in [0.05, 0.1) is 5.69 Å². The first-order valence-electron chi connectivity index (χ1n) is 7.83. The van der Waals surface area contributed by atoms with E-state index in [-0.39, 0.29) is 0 Å². The van der Waals surface area contributed by atoms with Crippen LogP contribution in [0.15, 0.2) is 36.5 Å². The van der Waals surface area contributed by atoms with Crippen molar-refractivity contribution in [1.82, 2.24) is 9.88 Å². The molecule has 0 aliphatic heterocycles. The van der Waals surface area contributed by atoms with Crippen molar-refractivity contribution in [2.75, 3.05) is 7.05 Å². The van der Waals surface area contributed by atoms with Crippen LogP contribution in [0.2, 0.25) is 0 Å². The van der Waals surface area contributed by atoms with Gasteiger partial charge in [0.2, 0.25) is 0 Å². The molecule has 2 atom stereocenters. The second-order valence-electron chi connectivity index (χ2n) is 5.89. The molecule has 0 aliphatic rings. The topological polar surface area (TPSA) is 16.1 Å². The van der Waals surface area contributed by atoms with Gasteiger partial charge in [-0.3, -0.25) is 9.88 Å². The second-order valence-corrected chi connectivity index (χ2v) is 5.89. The summed E-state index contributed by atoms with van der Waals surface area (Å²) in [4.78, 5) is 6.99. The highest BCUT2D eigenvalue weighted by Gasteiger charge is 2.20. The highest BCUT2D eigenvalue weighted by atomic mass is 15.2. The van der Waals surface area contributed by atoms with Crippen LogP contribution in [0.4, 0.5) is 0 Å². The van der Waals surface area contributed by atoms with Crippen molar-refractivity contribution in [3.8, 4) is 0 Å². The molecule has 0 amide bonds. The van der Waals surface area contributed by atoms with Crippen LogP contribution in [0.1, 0.15) is 64.6 Å². The molecule has 1 unspecified atom stereocenters. The molecule has 1 aromatic rings. The smallest absolute Gasteiger partial charge is 0.0572 e. The zero-order chi connectivity index (χ0) is 15.0. The molecule has 112 valence electrons. The van der Waals surface area contributed by atoms with E-state index in [1.54, 1.807) is 0 Å². The highest BCUT2D eigenvalue weighted by molar-refractivity contribution is 5.08. The highest BCUT2D eigenvalue weighted by Crippen LogP contribution is 2.24. The van der Waals surface area contributed by atoms with Crippen molar-refractivity contribution in [2.45, 2.75) is 65.0 Å². The van der Waals surface area contributed by atoms with E-state index >= 15 is 0 Å². The van der Waals surface area contributed by atoms with Gasteiger partial charge >= 0.3 is 0 Å². The fraction of sp³-hybridized carbons (Fsp3) is 0.611. The largest absolute Gasteiger partial charge is 0.295 e. The Kier molecular flexibility index (Phi) is 7.53. The van der Waals surface area contributed by atoms with Gasteiger partial charge in [-0.25, -0.2) is 0 Å². The van der Waals surface area contributed by atoms with Gasteiger partial charge in [0.15, 0.2) is 0 Å². The maximum Gasteiger partial charge on any atom is 0.0572 e. The van der Waals surface area contributed by atoms with Crippen LogP contribution in [0, 0.1) is 0 Å². The molecule has 2 heteroatoms. The van der Waals surface area contributed by atoms with Gasteiger partial charge in [0, 0.05) is 18.3 Å². The standard InChI is InChI=1S/C18H30N2/c1-6-10-17(12-9-11-15(2)3)20(5)16(4)18-13-7-8-14-19-18/h7-8,13-14,16-17H,2,6,9-12H2,1,3-5H3/t16?,17-/m0/s1. The lowest BCUT2D eigenvalue weighted by molar-refractivity contribution is 0.161. The minimum Gasteiger partial charge on any atom is -0.295 e. The van der Waals surface area contributed by atoms with Crippen LogP contribution in [-0.2, 0) is 0 Å². The third-order valence-electron chi connectivity index (χ3n) is 4.07. The average molecular weight is 274 g/mol. The van der Waals surface area contributed by atoms with Crippen LogP contribution in [0.3, 0.4) is 0 Å². The number of aromatic nitrogens is 1. The van der Waals surface area contributed by atoms with Gasteiger partial charge in [-0.1, -0.05) is 25.0 Å². The van der Waals surface area contributed by atoms with E-state index < -0.39 is 0 Å². The molecule has 0 fully saturated rings. The Hall–Kier alpha value is -1.15. The van der Waals surface area contributed by atoms with Crippen LogP contribution >= 0.6 is 0 Å². The fourth-order valence-electron chi connectivity index (χ4n) is 2.67. The number of pyridine rings is 1. The Morgan fingerprint density at radius 1 is 1.35 bits per heavy atom. The van der Waals surface area contributed by atoms with E-state index in [0.717, 1.165) is 12.1 Å². The molecule has 0 radical (unpaired) electrons. The number of rotatable bonds is 9. The molecule has 0 aromatic carbocycles. The molecule has 0 bridgehead atoms. The van der Waals surface area contributed by atoms with Crippen molar-refractivity contribution >= 4 is 0 Å². The summed E-state index contributed by atoms with van der Waals surface area (Å²) in [5.74, 6) is 0. The molecule has 0 aliphatic carbocycles. The van der Waals surface area contributed by atoms with E-state index in [2.05, 4.69) is 56.4 Å². The van der Waals surface area contributed by atoms with Crippen molar-refractivity contribution in [1.29, 1.82) is 0 Å². The first-order valence-corrected chi connectivity index (χ1v) is 7.83. The Morgan fingerprint density at radius 2 is 2.10 bits per heavy atom. The van der Waals surface area contributed by atoms with E-state index in [1.807, 2.05) is 12.3 Å². The van der Waals surface area contributed by atoms with Gasteiger partial charge in [-0.05, 0) is 58.7 Å². The summed E-state index contributed by atoms with van der Waals surface area (Å²) in [5, 5.41) is 0. The van der Waals surface area contributed by atoms with Crippen LogP contribution in [0.5, 0.6) is 0 Å². The molecule has 2 nitrogen and oxygen atoms in total. The van der Waals surface area contributed by atoms with Crippen LogP contribution < -0.4 is 0 Å². The lowest BCUT2D eigenvalue weighted by Crippen LogP contribution is -2.34. The summed E-state index contributed by atoms with van der Waals surface area (Å²) in [6.45, 7) is 10.6. The van der Waals surface area contributed by atoms with Gasteiger partial charge in [0.1, 0.15) is 0 Å². The third-order valence-corrected chi connectivity index (χ3v) is 4.07. The summed E-state index contributed by atoms with van der Waals surface area (Å²) in [6, 6.07) is 7.18. The minimum absolute atomic E-state index is 0.373. The SMILES string of the molecule is C=C(C)CCC[C@H](CCC)N(C)C(C)c1ccccn1. The summed E-state index contributed by atoms with van der Waals surface area (Å²) in [6.07, 6.45) is 8.00. The van der Waals surface area contributed by atoms with Gasteiger partial charge in [-0.15, -0.1) is 6.58 Å². The number of nitrogens with zero attached hydrogens (tertiary/aromatic N) is 2. The van der Waals surface area contributed by atoms with E-state index in [4.69, 9.17) is 0 Å². The zero-order valence-corrected chi connectivity index (χ0v) is 13.6. The number of hydrogen-bond acceptors (Lipinski definition) is 2. The van der Waals surface area contributed by atoms with Crippen molar-refractivity contribution < 1.29 is 0 Å². The lowest BCUT2D eigenvalue weighted by Gasteiger charge is -2.33. The first-order chi connectivity index (χ1) is 9.56. The predicted octanol–water partition coefficient (Wildman–Crippen LogP) is 4.99. The fourth-order valence-corrected chi connectivity index (χ4v) is 2.67. The van der Waals surface area contributed by atoms with Crippen molar-refractivity contribution in [3.63, 3.8) is 0 Å². The van der Waals surface area contributed by atoms with E-state index in [1.165, 1.54) is 31.3 Å². The van der Waals surface area contributed by atoms with Gasteiger partial charge in [0.25, 0.3) is 0 Å². The van der Waals surface area contributed by atoms with E-state index in [9.17, 15) is 0 Å². The van der Waals surface area contributed by atoms with Crippen LogP contribution in [0.25, 0.3) is 0 Å². The summed E-state index contributed by atoms with van der Waals surface area (Å²) in [5.41, 5.74) is 2.46. The molecular formula is C18H30N2. The molecule has 1 rings (SSSR count). The predicted molar refractivity (Wildman–Crippen MR) is 87.8 cm³/mol. The molecule has 0 N–H and O–H groups in total. The maximum atomic E-state index is 4.49. The monoisotopic (exact) mass is 274 g/mol. The molecule has 1 heterocycles. The molecule has 0 saturated heterocycles. The average Bonchev–Trinajstić information content (AvgIpc) is 2.45. The molecule has 0 spiro atoms. The molecule has 20 heavy (non-hydrogen) atoms. The quantitative estimate of drug-likeness (QED) is 0.590. The number of hydrogen-bond donors (Lipinski definition) is 0. The Morgan fingerprint density at radius 3 is 2.65 bits per heavy atom. The molecule has 0 saturated carbocycles. The summed E-state index contributed by atoms with van der Waals surface area (Å²) >= 11 is 0. The summed E-state index contributed by atoms with van der Waals surface area (Å²) in [7, 11) is 2.24. The minimum atomic E-state index is 0.373. The zero-order valence-electron chi connectivity index (χ0n) is 13.6. The normalized spacial score (nSPS) is 14.2. The Labute approximate surface area is 124 Å². The van der Waals surface area contributed by atoms with Crippen molar-refractivity contribution in [2.24, 2.45) is 0 Å². The van der Waals surface area contributed by atoms with Gasteiger partial charge < -0.3 is 0 Å². The third kappa shape index (κ3) is 5.46. The van der Waals surface area contributed by atoms with Crippen LogP contribution in [-0.4, -0.2) is 23.0 Å². The second kappa shape index (κ2) is 8.91. The lowest BCUT2D eigenvalue weighted by atomic mass is 10.00. The molecule has 1 aromatic heterocycles. The Bertz CT molecular complexity index is 386. The summed E-state index contributed by atoms with van der Waals surface area (Å²) < 4.78 is 0. The first kappa shape index (κ1) is 16.9. The van der Waals surface area contributed by atoms with Gasteiger partial charge in [-0.2, -0.15) is 0 Å². The van der Waals surface area contributed by atoms with E-state index in [0.29, 0.717) is 12.1 Å². The maximum absolute atomic E-state index is 4.49. The Balaban J connectivity index is 2.62. The molecular weight excluding hydrogens is 244 g/mol.